The summed E-state index contributed by atoms with van der Waals surface area (Å²) in [4.78, 5) is 20.3. The normalized spacial score (nSPS) is 27.4. The van der Waals surface area contributed by atoms with Crippen molar-refractivity contribution in [3.05, 3.63) is 59.7 Å². The van der Waals surface area contributed by atoms with Crippen LogP contribution in [0.15, 0.2) is 48.5 Å². The number of anilines is 2. The van der Waals surface area contributed by atoms with Crippen LogP contribution in [0.4, 0.5) is 11.4 Å². The number of rotatable bonds is 5. The van der Waals surface area contributed by atoms with Crippen molar-refractivity contribution < 1.29 is 14.6 Å². The molecule has 3 saturated heterocycles. The summed E-state index contributed by atoms with van der Waals surface area (Å²) in [6.45, 7) is 8.49. The van der Waals surface area contributed by atoms with Gasteiger partial charge in [0.25, 0.3) is 0 Å². The quantitative estimate of drug-likeness (QED) is 0.710. The van der Waals surface area contributed by atoms with Gasteiger partial charge in [-0.05, 0) is 63.1 Å². The monoisotopic (exact) mass is 477 g/mol. The average molecular weight is 478 g/mol. The highest BCUT2D eigenvalue weighted by Gasteiger charge is 2.35. The zero-order valence-corrected chi connectivity index (χ0v) is 21.3. The van der Waals surface area contributed by atoms with Crippen molar-refractivity contribution in [2.45, 2.75) is 57.2 Å². The number of ether oxygens (including phenoxy) is 1. The standard InChI is InChI=1S/C29H39N3O3/c1-21-19-31(20-22(2)30(21)3)27-7-5-4-6-23(27)18-24-12-15-32(28(24)33)26-10-8-25(9-11-26)29(34)13-16-35-17-14-29/h4-11,21-22,24,34H,12-20H2,1-3H3/t21-,22+,24-/m1/s1. The van der Waals surface area contributed by atoms with Crippen molar-refractivity contribution in [1.29, 1.82) is 0 Å². The van der Waals surface area contributed by atoms with Crippen molar-refractivity contribution in [1.82, 2.24) is 4.90 Å². The first-order valence-electron chi connectivity index (χ1n) is 13.1. The van der Waals surface area contributed by atoms with Crippen LogP contribution in [0, 0.1) is 5.92 Å². The van der Waals surface area contributed by atoms with Crippen LogP contribution in [0.3, 0.4) is 0 Å². The number of carbonyl (C=O) groups is 1. The molecular weight excluding hydrogens is 438 g/mol. The van der Waals surface area contributed by atoms with Gasteiger partial charge in [0.05, 0.1) is 5.60 Å². The summed E-state index contributed by atoms with van der Waals surface area (Å²) in [5, 5.41) is 11.0. The predicted molar refractivity (Wildman–Crippen MR) is 140 cm³/mol. The molecule has 188 valence electrons. The zero-order chi connectivity index (χ0) is 24.6. The topological polar surface area (TPSA) is 56.2 Å². The fourth-order valence-corrected chi connectivity index (χ4v) is 5.99. The van der Waals surface area contributed by atoms with Gasteiger partial charge in [0.2, 0.25) is 5.91 Å². The highest BCUT2D eigenvalue weighted by Crippen LogP contribution is 2.35. The van der Waals surface area contributed by atoms with Gasteiger partial charge in [0.15, 0.2) is 0 Å². The van der Waals surface area contributed by atoms with E-state index in [1.807, 2.05) is 29.2 Å². The predicted octanol–water partition coefficient (Wildman–Crippen LogP) is 3.81. The number of hydrogen-bond donors (Lipinski definition) is 1. The van der Waals surface area contributed by atoms with Crippen molar-refractivity contribution in [3.8, 4) is 0 Å². The number of nitrogens with zero attached hydrogens (tertiary/aromatic N) is 3. The first kappa shape index (κ1) is 24.3. The Bertz CT molecular complexity index is 1020. The number of carbonyl (C=O) groups excluding carboxylic acids is 1. The Morgan fingerprint density at radius 1 is 1.00 bits per heavy atom. The Balaban J connectivity index is 1.28. The van der Waals surface area contributed by atoms with E-state index in [9.17, 15) is 9.90 Å². The Kier molecular flexibility index (Phi) is 6.88. The molecule has 3 aliphatic heterocycles. The molecule has 6 nitrogen and oxygen atoms in total. The van der Waals surface area contributed by atoms with Crippen LogP contribution in [0.1, 0.15) is 44.2 Å². The van der Waals surface area contributed by atoms with Gasteiger partial charge in [-0.3, -0.25) is 9.69 Å². The molecule has 3 heterocycles. The lowest BCUT2D eigenvalue weighted by molar-refractivity contribution is -0.120. The summed E-state index contributed by atoms with van der Waals surface area (Å²) in [5.41, 5.74) is 3.56. The largest absolute Gasteiger partial charge is 0.385 e. The fraction of sp³-hybridized carbons (Fsp3) is 0.552. The SMILES string of the molecule is C[C@@H]1CN(c2ccccc2C[C@H]2CCN(c3ccc(C4(O)CCOCC4)cc3)C2=O)C[C@H](C)N1C. The molecule has 6 heteroatoms. The summed E-state index contributed by atoms with van der Waals surface area (Å²) in [7, 11) is 2.21. The van der Waals surface area contributed by atoms with Gasteiger partial charge in [0.1, 0.15) is 0 Å². The molecule has 0 aliphatic carbocycles. The third-order valence-corrected chi connectivity index (χ3v) is 8.51. The maximum atomic E-state index is 13.4. The van der Waals surface area contributed by atoms with Crippen LogP contribution in [-0.2, 0) is 21.6 Å². The number of likely N-dealkylation sites (N-methyl/N-ethyl adjacent to an activating group) is 1. The van der Waals surface area contributed by atoms with Gasteiger partial charge in [0, 0.05) is 75.1 Å². The van der Waals surface area contributed by atoms with Gasteiger partial charge < -0.3 is 19.6 Å². The number of aliphatic hydroxyl groups is 1. The summed E-state index contributed by atoms with van der Waals surface area (Å²) < 4.78 is 5.41. The first-order valence-corrected chi connectivity index (χ1v) is 13.1. The first-order chi connectivity index (χ1) is 16.9. The third kappa shape index (κ3) is 4.84. The molecule has 3 fully saturated rings. The lowest BCUT2D eigenvalue weighted by Gasteiger charge is -2.44. The van der Waals surface area contributed by atoms with E-state index in [4.69, 9.17) is 4.74 Å². The molecule has 5 rings (SSSR count). The van der Waals surface area contributed by atoms with E-state index in [0.29, 0.717) is 38.1 Å². The summed E-state index contributed by atoms with van der Waals surface area (Å²) in [6, 6.07) is 17.6. The van der Waals surface area contributed by atoms with Gasteiger partial charge in [-0.25, -0.2) is 0 Å². The highest BCUT2D eigenvalue weighted by atomic mass is 16.5. The molecule has 0 unspecified atom stereocenters. The van der Waals surface area contributed by atoms with E-state index >= 15 is 0 Å². The van der Waals surface area contributed by atoms with Crippen LogP contribution < -0.4 is 9.80 Å². The zero-order valence-electron chi connectivity index (χ0n) is 21.3. The fourth-order valence-electron chi connectivity index (χ4n) is 5.99. The molecule has 35 heavy (non-hydrogen) atoms. The Labute approximate surface area is 209 Å². The van der Waals surface area contributed by atoms with Crippen LogP contribution in [0.5, 0.6) is 0 Å². The number of amides is 1. The molecule has 1 amide bonds. The number of piperazine rings is 1. The van der Waals surface area contributed by atoms with Crippen LogP contribution >= 0.6 is 0 Å². The minimum absolute atomic E-state index is 0.00202. The molecular formula is C29H39N3O3. The Hall–Kier alpha value is -2.41. The van der Waals surface area contributed by atoms with E-state index in [1.165, 1.54) is 11.3 Å². The van der Waals surface area contributed by atoms with Crippen molar-refractivity contribution in [2.24, 2.45) is 5.92 Å². The van der Waals surface area contributed by atoms with Crippen LogP contribution in [-0.4, -0.2) is 67.9 Å². The molecule has 0 saturated carbocycles. The minimum Gasteiger partial charge on any atom is -0.385 e. The van der Waals surface area contributed by atoms with E-state index in [0.717, 1.165) is 43.7 Å². The second kappa shape index (κ2) is 9.92. The molecule has 1 N–H and O–H groups in total. The Morgan fingerprint density at radius 2 is 1.66 bits per heavy atom. The summed E-state index contributed by atoms with van der Waals surface area (Å²) >= 11 is 0. The maximum Gasteiger partial charge on any atom is 0.230 e. The number of benzene rings is 2. The number of para-hydroxylation sites is 1. The lowest BCUT2D eigenvalue weighted by atomic mass is 9.86. The van der Waals surface area contributed by atoms with Crippen molar-refractivity contribution in [3.63, 3.8) is 0 Å². The number of hydrogen-bond acceptors (Lipinski definition) is 5. The smallest absolute Gasteiger partial charge is 0.230 e. The highest BCUT2D eigenvalue weighted by molar-refractivity contribution is 5.97. The molecule has 0 radical (unpaired) electrons. The summed E-state index contributed by atoms with van der Waals surface area (Å²) in [5.74, 6) is 0.204. The maximum absolute atomic E-state index is 13.4. The summed E-state index contributed by atoms with van der Waals surface area (Å²) in [6.07, 6.45) is 2.87. The van der Waals surface area contributed by atoms with E-state index in [2.05, 4.69) is 55.0 Å². The van der Waals surface area contributed by atoms with E-state index in [-0.39, 0.29) is 11.8 Å². The van der Waals surface area contributed by atoms with Gasteiger partial charge in [-0.2, -0.15) is 0 Å². The molecule has 3 aliphatic rings. The molecule has 0 aromatic heterocycles. The molecule has 3 atom stereocenters. The van der Waals surface area contributed by atoms with E-state index in [1.54, 1.807) is 0 Å². The second-order valence-electron chi connectivity index (χ2n) is 10.8. The second-order valence-corrected chi connectivity index (χ2v) is 10.8. The lowest BCUT2D eigenvalue weighted by Crippen LogP contribution is -2.55. The third-order valence-electron chi connectivity index (χ3n) is 8.51. The minimum atomic E-state index is -0.823. The van der Waals surface area contributed by atoms with Gasteiger partial charge in [-0.1, -0.05) is 30.3 Å². The van der Waals surface area contributed by atoms with Gasteiger partial charge >= 0.3 is 0 Å². The molecule has 2 aromatic rings. The van der Waals surface area contributed by atoms with Crippen molar-refractivity contribution in [2.75, 3.05) is 49.7 Å². The van der Waals surface area contributed by atoms with Crippen LogP contribution in [0.2, 0.25) is 0 Å². The molecule has 0 spiro atoms. The van der Waals surface area contributed by atoms with Crippen molar-refractivity contribution >= 4 is 17.3 Å². The van der Waals surface area contributed by atoms with Crippen LogP contribution in [0.25, 0.3) is 0 Å². The average Bonchev–Trinajstić information content (AvgIpc) is 3.23. The van der Waals surface area contributed by atoms with Gasteiger partial charge in [-0.15, -0.1) is 0 Å². The molecule has 2 aromatic carbocycles. The molecule has 0 bridgehead atoms. The van der Waals surface area contributed by atoms with E-state index < -0.39 is 5.60 Å². The Morgan fingerprint density at radius 3 is 2.34 bits per heavy atom.